The Bertz CT molecular complexity index is 663. The lowest BCUT2D eigenvalue weighted by molar-refractivity contribution is -0.118. The SMILES string of the molecule is Cc1ccc2c(c1)CCCN2C(=O)Cc1ccc(Br)cc1. The molecule has 108 valence electrons. The van der Waals surface area contributed by atoms with Crippen LogP contribution in [0.2, 0.25) is 0 Å². The van der Waals surface area contributed by atoms with Crippen LogP contribution in [0.3, 0.4) is 0 Å². The van der Waals surface area contributed by atoms with Crippen LogP contribution in [0.25, 0.3) is 0 Å². The minimum absolute atomic E-state index is 0.183. The topological polar surface area (TPSA) is 20.3 Å². The molecule has 1 aliphatic heterocycles. The molecule has 21 heavy (non-hydrogen) atoms. The van der Waals surface area contributed by atoms with E-state index in [4.69, 9.17) is 0 Å². The van der Waals surface area contributed by atoms with E-state index in [0.717, 1.165) is 35.1 Å². The van der Waals surface area contributed by atoms with Gasteiger partial charge in [0.15, 0.2) is 0 Å². The molecule has 0 bridgehead atoms. The highest BCUT2D eigenvalue weighted by molar-refractivity contribution is 9.10. The maximum atomic E-state index is 12.6. The zero-order valence-electron chi connectivity index (χ0n) is 12.1. The normalized spacial score (nSPS) is 13.9. The van der Waals surface area contributed by atoms with Crippen LogP contribution in [0.15, 0.2) is 46.9 Å². The third-order valence-corrected chi connectivity index (χ3v) is 4.45. The number of fused-ring (bicyclic) bond motifs is 1. The van der Waals surface area contributed by atoms with Gasteiger partial charge in [0, 0.05) is 16.7 Å². The molecular formula is C18H18BrNO. The van der Waals surface area contributed by atoms with Gasteiger partial charge < -0.3 is 4.90 Å². The second kappa shape index (κ2) is 6.02. The van der Waals surface area contributed by atoms with Crippen LogP contribution >= 0.6 is 15.9 Å². The van der Waals surface area contributed by atoms with Gasteiger partial charge in [-0.3, -0.25) is 4.79 Å². The number of benzene rings is 2. The Labute approximate surface area is 133 Å². The number of hydrogen-bond acceptors (Lipinski definition) is 1. The molecule has 0 aromatic heterocycles. The Morgan fingerprint density at radius 1 is 1.19 bits per heavy atom. The van der Waals surface area contributed by atoms with Crippen molar-refractivity contribution in [1.29, 1.82) is 0 Å². The molecule has 1 aliphatic rings. The first-order valence-corrected chi connectivity index (χ1v) is 8.07. The van der Waals surface area contributed by atoms with Gasteiger partial charge in [-0.05, 0) is 49.1 Å². The van der Waals surface area contributed by atoms with E-state index < -0.39 is 0 Å². The summed E-state index contributed by atoms with van der Waals surface area (Å²) in [6.07, 6.45) is 2.57. The van der Waals surface area contributed by atoms with Crippen molar-refractivity contribution in [1.82, 2.24) is 0 Å². The fourth-order valence-corrected chi connectivity index (χ4v) is 3.12. The monoisotopic (exact) mass is 343 g/mol. The maximum Gasteiger partial charge on any atom is 0.231 e. The number of hydrogen-bond donors (Lipinski definition) is 0. The third kappa shape index (κ3) is 3.18. The highest BCUT2D eigenvalue weighted by Crippen LogP contribution is 2.28. The van der Waals surface area contributed by atoms with E-state index >= 15 is 0 Å². The molecule has 3 heteroatoms. The molecule has 0 N–H and O–H groups in total. The zero-order chi connectivity index (χ0) is 14.8. The standard InChI is InChI=1S/C18H18BrNO/c1-13-4-9-17-15(11-13)3-2-10-20(17)18(21)12-14-5-7-16(19)8-6-14/h4-9,11H,2-3,10,12H2,1H3. The quantitative estimate of drug-likeness (QED) is 0.796. The van der Waals surface area contributed by atoms with Crippen molar-refractivity contribution in [2.75, 3.05) is 11.4 Å². The lowest BCUT2D eigenvalue weighted by atomic mass is 9.99. The van der Waals surface area contributed by atoms with Gasteiger partial charge in [0.05, 0.1) is 6.42 Å². The van der Waals surface area contributed by atoms with Crippen LogP contribution in [0.5, 0.6) is 0 Å². The third-order valence-electron chi connectivity index (χ3n) is 3.92. The Balaban J connectivity index is 1.81. The Morgan fingerprint density at radius 2 is 1.95 bits per heavy atom. The summed E-state index contributed by atoms with van der Waals surface area (Å²) in [6.45, 7) is 2.92. The summed E-state index contributed by atoms with van der Waals surface area (Å²) in [6, 6.07) is 14.3. The molecule has 2 aromatic carbocycles. The van der Waals surface area contributed by atoms with Crippen LogP contribution in [-0.4, -0.2) is 12.5 Å². The predicted octanol–water partition coefficient (Wildman–Crippen LogP) is 4.28. The largest absolute Gasteiger partial charge is 0.312 e. The van der Waals surface area contributed by atoms with Gasteiger partial charge in [0.1, 0.15) is 0 Å². The average molecular weight is 344 g/mol. The average Bonchev–Trinajstić information content (AvgIpc) is 2.48. The molecular weight excluding hydrogens is 326 g/mol. The number of carbonyl (C=O) groups excluding carboxylic acids is 1. The molecule has 0 aliphatic carbocycles. The molecule has 2 nitrogen and oxygen atoms in total. The summed E-state index contributed by atoms with van der Waals surface area (Å²) in [4.78, 5) is 14.6. The number of amides is 1. The summed E-state index contributed by atoms with van der Waals surface area (Å²) in [7, 11) is 0. The summed E-state index contributed by atoms with van der Waals surface area (Å²) >= 11 is 3.42. The fourth-order valence-electron chi connectivity index (χ4n) is 2.86. The van der Waals surface area contributed by atoms with Crippen molar-refractivity contribution in [3.63, 3.8) is 0 Å². The van der Waals surface area contributed by atoms with Crippen molar-refractivity contribution in [3.05, 3.63) is 63.6 Å². The van der Waals surface area contributed by atoms with E-state index in [2.05, 4.69) is 41.1 Å². The van der Waals surface area contributed by atoms with E-state index in [1.54, 1.807) is 0 Å². The number of carbonyl (C=O) groups is 1. The van der Waals surface area contributed by atoms with E-state index in [1.807, 2.05) is 29.2 Å². The van der Waals surface area contributed by atoms with Gasteiger partial charge in [-0.15, -0.1) is 0 Å². The molecule has 1 heterocycles. The molecule has 1 amide bonds. The van der Waals surface area contributed by atoms with E-state index in [0.29, 0.717) is 6.42 Å². The van der Waals surface area contributed by atoms with Crippen molar-refractivity contribution in [2.24, 2.45) is 0 Å². The molecule has 3 rings (SSSR count). The van der Waals surface area contributed by atoms with Gasteiger partial charge in [-0.25, -0.2) is 0 Å². The Kier molecular flexibility index (Phi) is 4.11. The second-order valence-corrected chi connectivity index (χ2v) is 6.50. The zero-order valence-corrected chi connectivity index (χ0v) is 13.7. The smallest absolute Gasteiger partial charge is 0.231 e. The molecule has 0 unspecified atom stereocenters. The minimum atomic E-state index is 0.183. The van der Waals surface area contributed by atoms with E-state index in [-0.39, 0.29) is 5.91 Å². The number of anilines is 1. The summed E-state index contributed by atoms with van der Waals surface area (Å²) in [5.74, 6) is 0.183. The van der Waals surface area contributed by atoms with Crippen molar-refractivity contribution < 1.29 is 4.79 Å². The van der Waals surface area contributed by atoms with Crippen LogP contribution in [0, 0.1) is 6.92 Å². The van der Waals surface area contributed by atoms with E-state index in [1.165, 1.54) is 11.1 Å². The van der Waals surface area contributed by atoms with Crippen molar-refractivity contribution in [3.8, 4) is 0 Å². The van der Waals surface area contributed by atoms with Gasteiger partial charge in [-0.1, -0.05) is 45.8 Å². The van der Waals surface area contributed by atoms with E-state index in [9.17, 15) is 4.79 Å². The van der Waals surface area contributed by atoms with Gasteiger partial charge >= 0.3 is 0 Å². The lowest BCUT2D eigenvalue weighted by Gasteiger charge is -2.30. The van der Waals surface area contributed by atoms with Crippen molar-refractivity contribution in [2.45, 2.75) is 26.2 Å². The Hall–Kier alpha value is -1.61. The molecule has 0 fully saturated rings. The summed E-state index contributed by atoms with van der Waals surface area (Å²) in [5, 5.41) is 0. The van der Waals surface area contributed by atoms with Gasteiger partial charge in [-0.2, -0.15) is 0 Å². The number of halogens is 1. The van der Waals surface area contributed by atoms with Crippen LogP contribution < -0.4 is 4.90 Å². The van der Waals surface area contributed by atoms with Crippen LogP contribution in [-0.2, 0) is 17.6 Å². The number of nitrogens with zero attached hydrogens (tertiary/aromatic N) is 1. The molecule has 2 aromatic rings. The van der Waals surface area contributed by atoms with Crippen molar-refractivity contribution >= 4 is 27.5 Å². The predicted molar refractivity (Wildman–Crippen MR) is 89.7 cm³/mol. The van der Waals surface area contributed by atoms with Crippen LogP contribution in [0.1, 0.15) is 23.1 Å². The molecule has 0 spiro atoms. The number of aryl methyl sites for hydroxylation is 2. The minimum Gasteiger partial charge on any atom is -0.312 e. The first-order valence-electron chi connectivity index (χ1n) is 7.28. The molecule has 0 saturated carbocycles. The second-order valence-electron chi connectivity index (χ2n) is 5.58. The highest BCUT2D eigenvalue weighted by atomic mass is 79.9. The first kappa shape index (κ1) is 14.3. The molecule has 0 radical (unpaired) electrons. The highest BCUT2D eigenvalue weighted by Gasteiger charge is 2.22. The fraction of sp³-hybridized carbons (Fsp3) is 0.278. The molecule has 0 atom stereocenters. The first-order chi connectivity index (χ1) is 10.1. The van der Waals surface area contributed by atoms with Gasteiger partial charge in [0.2, 0.25) is 5.91 Å². The summed E-state index contributed by atoms with van der Waals surface area (Å²) < 4.78 is 1.04. The van der Waals surface area contributed by atoms with Gasteiger partial charge in [0.25, 0.3) is 0 Å². The Morgan fingerprint density at radius 3 is 2.71 bits per heavy atom. The summed E-state index contributed by atoms with van der Waals surface area (Å²) in [5.41, 5.74) is 4.71. The maximum absolute atomic E-state index is 12.6. The lowest BCUT2D eigenvalue weighted by Crippen LogP contribution is -2.36. The molecule has 0 saturated heterocycles. The number of rotatable bonds is 2. The van der Waals surface area contributed by atoms with Crippen LogP contribution in [0.4, 0.5) is 5.69 Å².